The molecule has 0 bridgehead atoms. The quantitative estimate of drug-likeness (QED) is 0.892. The second-order valence-corrected chi connectivity index (χ2v) is 5.89. The summed E-state index contributed by atoms with van der Waals surface area (Å²) in [4.78, 5) is 0. The van der Waals surface area contributed by atoms with E-state index in [-0.39, 0.29) is 5.41 Å². The Labute approximate surface area is 110 Å². The molecule has 0 spiro atoms. The van der Waals surface area contributed by atoms with Crippen LogP contribution in [0.5, 0.6) is 0 Å². The molecular formula is C14H26N4. The highest BCUT2D eigenvalue weighted by molar-refractivity contribution is 5.13. The van der Waals surface area contributed by atoms with E-state index >= 15 is 0 Å². The van der Waals surface area contributed by atoms with E-state index < -0.39 is 0 Å². The van der Waals surface area contributed by atoms with Gasteiger partial charge in [0, 0.05) is 18.5 Å². The lowest BCUT2D eigenvalue weighted by Gasteiger charge is -2.37. The van der Waals surface area contributed by atoms with Crippen LogP contribution >= 0.6 is 0 Å². The summed E-state index contributed by atoms with van der Waals surface area (Å²) >= 11 is 0. The Morgan fingerprint density at radius 1 is 1.33 bits per heavy atom. The van der Waals surface area contributed by atoms with Crippen LogP contribution in [0, 0.1) is 12.8 Å². The predicted molar refractivity (Wildman–Crippen MR) is 73.4 cm³/mol. The van der Waals surface area contributed by atoms with E-state index in [2.05, 4.69) is 28.6 Å². The van der Waals surface area contributed by atoms with Gasteiger partial charge in [0.2, 0.25) is 0 Å². The first-order chi connectivity index (χ1) is 8.63. The van der Waals surface area contributed by atoms with Crippen LogP contribution in [-0.2, 0) is 12.0 Å². The predicted octanol–water partition coefficient (Wildman–Crippen LogP) is 2.40. The first-order valence-corrected chi connectivity index (χ1v) is 7.23. The Balaban J connectivity index is 2.32. The topological polar surface area (TPSA) is 56.7 Å². The maximum atomic E-state index is 6.11. The van der Waals surface area contributed by atoms with Crippen LogP contribution in [0.1, 0.15) is 57.6 Å². The zero-order chi connectivity index (χ0) is 13.2. The highest BCUT2D eigenvalue weighted by Crippen LogP contribution is 2.40. The summed E-state index contributed by atoms with van der Waals surface area (Å²) in [6, 6.07) is 0. The first kappa shape index (κ1) is 13.5. The van der Waals surface area contributed by atoms with Crippen LogP contribution in [0.15, 0.2) is 0 Å². The molecule has 0 aromatic carbocycles. The van der Waals surface area contributed by atoms with Crippen molar-refractivity contribution in [3.05, 3.63) is 11.6 Å². The van der Waals surface area contributed by atoms with Crippen LogP contribution < -0.4 is 5.73 Å². The van der Waals surface area contributed by atoms with Gasteiger partial charge in [0.15, 0.2) is 0 Å². The molecule has 18 heavy (non-hydrogen) atoms. The fourth-order valence-electron chi connectivity index (χ4n) is 3.10. The molecule has 1 aliphatic rings. The van der Waals surface area contributed by atoms with Gasteiger partial charge in [-0.1, -0.05) is 13.8 Å². The van der Waals surface area contributed by atoms with E-state index in [1.165, 1.54) is 12.8 Å². The molecule has 0 atom stereocenters. The lowest BCUT2D eigenvalue weighted by molar-refractivity contribution is 0.229. The molecule has 2 N–H and O–H groups in total. The van der Waals surface area contributed by atoms with Crippen molar-refractivity contribution in [2.45, 2.75) is 64.8 Å². The zero-order valence-corrected chi connectivity index (χ0v) is 11.9. The molecule has 0 saturated heterocycles. The van der Waals surface area contributed by atoms with Crippen LogP contribution in [-0.4, -0.2) is 21.3 Å². The molecule has 1 saturated carbocycles. The number of hydrogen-bond acceptors (Lipinski definition) is 3. The van der Waals surface area contributed by atoms with Crippen molar-refractivity contribution in [2.24, 2.45) is 11.7 Å². The zero-order valence-electron chi connectivity index (χ0n) is 11.9. The van der Waals surface area contributed by atoms with Crippen molar-refractivity contribution in [1.82, 2.24) is 14.8 Å². The Hall–Kier alpha value is -0.900. The normalized spacial score (nSPS) is 28.6. The maximum absolute atomic E-state index is 6.11. The largest absolute Gasteiger partial charge is 0.329 e. The highest BCUT2D eigenvalue weighted by atomic mass is 15.3. The van der Waals surface area contributed by atoms with Crippen molar-refractivity contribution in [3.8, 4) is 0 Å². The smallest absolute Gasteiger partial charge is 0.140 e. The van der Waals surface area contributed by atoms with Gasteiger partial charge in [0.05, 0.1) is 0 Å². The SMILES string of the molecule is CCCn1c(C)nnc1C1(CN)CCC(C)CC1. The van der Waals surface area contributed by atoms with Crippen molar-refractivity contribution < 1.29 is 0 Å². The van der Waals surface area contributed by atoms with Gasteiger partial charge in [-0.2, -0.15) is 0 Å². The minimum Gasteiger partial charge on any atom is -0.329 e. The molecule has 2 rings (SSSR count). The third-order valence-electron chi connectivity index (χ3n) is 4.48. The summed E-state index contributed by atoms with van der Waals surface area (Å²) in [7, 11) is 0. The molecule has 1 aromatic rings. The third-order valence-corrected chi connectivity index (χ3v) is 4.48. The van der Waals surface area contributed by atoms with E-state index in [0.29, 0.717) is 6.54 Å². The molecular weight excluding hydrogens is 224 g/mol. The molecule has 0 unspecified atom stereocenters. The van der Waals surface area contributed by atoms with Crippen LogP contribution in [0.3, 0.4) is 0 Å². The van der Waals surface area contributed by atoms with E-state index in [9.17, 15) is 0 Å². The molecule has 1 aromatic heterocycles. The number of aryl methyl sites for hydroxylation is 1. The summed E-state index contributed by atoms with van der Waals surface area (Å²) in [5, 5.41) is 8.74. The molecule has 0 aliphatic heterocycles. The van der Waals surface area contributed by atoms with Crippen LogP contribution in [0.25, 0.3) is 0 Å². The van der Waals surface area contributed by atoms with Crippen molar-refractivity contribution in [3.63, 3.8) is 0 Å². The van der Waals surface area contributed by atoms with Gasteiger partial charge in [0.25, 0.3) is 0 Å². The number of nitrogens with zero attached hydrogens (tertiary/aromatic N) is 3. The first-order valence-electron chi connectivity index (χ1n) is 7.23. The van der Waals surface area contributed by atoms with Crippen molar-refractivity contribution in [1.29, 1.82) is 0 Å². The van der Waals surface area contributed by atoms with Crippen LogP contribution in [0.2, 0.25) is 0 Å². The monoisotopic (exact) mass is 250 g/mol. The Morgan fingerprint density at radius 3 is 2.56 bits per heavy atom. The molecule has 1 aliphatic carbocycles. The molecule has 0 radical (unpaired) electrons. The molecule has 4 nitrogen and oxygen atoms in total. The Bertz CT molecular complexity index is 388. The third kappa shape index (κ3) is 2.30. The van der Waals surface area contributed by atoms with Gasteiger partial charge in [-0.15, -0.1) is 10.2 Å². The summed E-state index contributed by atoms with van der Waals surface area (Å²) in [5.74, 6) is 2.99. The number of hydrogen-bond donors (Lipinski definition) is 1. The van der Waals surface area contributed by atoms with Crippen molar-refractivity contribution >= 4 is 0 Å². The molecule has 4 heteroatoms. The fourth-order valence-corrected chi connectivity index (χ4v) is 3.10. The van der Waals surface area contributed by atoms with Gasteiger partial charge >= 0.3 is 0 Å². The summed E-state index contributed by atoms with van der Waals surface area (Å²) in [6.45, 7) is 8.28. The minimum atomic E-state index is 0.0724. The van der Waals surface area contributed by atoms with Gasteiger partial charge in [0.1, 0.15) is 11.6 Å². The standard InChI is InChI=1S/C14H26N4/c1-4-9-18-12(3)16-17-13(18)14(10-15)7-5-11(2)6-8-14/h11H,4-10,15H2,1-3H3. The lowest BCUT2D eigenvalue weighted by Crippen LogP contribution is -2.41. The van der Waals surface area contributed by atoms with E-state index in [1.807, 2.05) is 6.92 Å². The van der Waals surface area contributed by atoms with E-state index in [0.717, 1.165) is 43.4 Å². The molecule has 1 fully saturated rings. The van der Waals surface area contributed by atoms with E-state index in [4.69, 9.17) is 5.73 Å². The average molecular weight is 250 g/mol. The van der Waals surface area contributed by atoms with Gasteiger partial charge in [-0.05, 0) is 44.9 Å². The second-order valence-electron chi connectivity index (χ2n) is 5.89. The van der Waals surface area contributed by atoms with Gasteiger partial charge in [-0.25, -0.2) is 0 Å². The average Bonchev–Trinajstić information content (AvgIpc) is 2.74. The Kier molecular flexibility index (Phi) is 4.05. The van der Waals surface area contributed by atoms with Crippen molar-refractivity contribution in [2.75, 3.05) is 6.54 Å². The summed E-state index contributed by atoms with van der Waals surface area (Å²) < 4.78 is 2.28. The molecule has 0 amide bonds. The summed E-state index contributed by atoms with van der Waals surface area (Å²) in [5.41, 5.74) is 6.18. The molecule has 102 valence electrons. The van der Waals surface area contributed by atoms with Gasteiger partial charge in [-0.3, -0.25) is 0 Å². The number of nitrogens with two attached hydrogens (primary N) is 1. The lowest BCUT2D eigenvalue weighted by atomic mass is 9.70. The summed E-state index contributed by atoms with van der Waals surface area (Å²) in [6.07, 6.45) is 5.95. The minimum absolute atomic E-state index is 0.0724. The van der Waals surface area contributed by atoms with Crippen LogP contribution in [0.4, 0.5) is 0 Å². The maximum Gasteiger partial charge on any atom is 0.140 e. The Morgan fingerprint density at radius 2 is 2.00 bits per heavy atom. The second kappa shape index (κ2) is 5.39. The van der Waals surface area contributed by atoms with Gasteiger partial charge < -0.3 is 10.3 Å². The highest BCUT2D eigenvalue weighted by Gasteiger charge is 2.39. The number of rotatable bonds is 4. The fraction of sp³-hybridized carbons (Fsp3) is 0.857. The number of aromatic nitrogens is 3. The van der Waals surface area contributed by atoms with E-state index in [1.54, 1.807) is 0 Å². The molecule has 1 heterocycles.